The van der Waals surface area contributed by atoms with Crippen molar-refractivity contribution < 1.29 is 0 Å². The van der Waals surface area contributed by atoms with Crippen LogP contribution in [0, 0.1) is 6.92 Å². The number of hydrogen-bond donors (Lipinski definition) is 0. The van der Waals surface area contributed by atoms with Gasteiger partial charge in [-0.05, 0) is 55.8 Å². The Hall–Kier alpha value is -3.93. The minimum absolute atomic E-state index is 0.120. The molecule has 2 aromatic carbocycles. The van der Waals surface area contributed by atoms with Crippen LogP contribution in [0.2, 0.25) is 0 Å². The molecule has 4 heterocycles. The number of benzene rings is 2. The SMILES string of the molecule is Cc1cc2c(cc1N1c3nccnc3N(C)[C@@H]1C)c1cccnc1n2-c1ccccc1. The fraction of sp³-hybridized carbons (Fsp3) is 0.160. The molecule has 152 valence electrons. The van der Waals surface area contributed by atoms with Gasteiger partial charge >= 0.3 is 0 Å². The Morgan fingerprint density at radius 1 is 0.806 bits per heavy atom. The number of pyridine rings is 1. The fourth-order valence-electron chi connectivity index (χ4n) is 4.66. The van der Waals surface area contributed by atoms with Crippen molar-refractivity contribution in [1.82, 2.24) is 19.5 Å². The molecule has 31 heavy (non-hydrogen) atoms. The summed E-state index contributed by atoms with van der Waals surface area (Å²) in [6.07, 6.45) is 5.49. The number of para-hydroxylation sites is 1. The second-order valence-corrected chi connectivity index (χ2v) is 8.02. The molecular formula is C25H22N6. The molecule has 5 aromatic rings. The van der Waals surface area contributed by atoms with Crippen LogP contribution in [-0.2, 0) is 0 Å². The third kappa shape index (κ3) is 2.48. The lowest BCUT2D eigenvalue weighted by Crippen LogP contribution is -2.36. The molecular weight excluding hydrogens is 384 g/mol. The van der Waals surface area contributed by atoms with Gasteiger partial charge in [0.2, 0.25) is 0 Å². The largest absolute Gasteiger partial charge is 0.336 e. The van der Waals surface area contributed by atoms with Gasteiger partial charge in [0.15, 0.2) is 11.6 Å². The molecule has 0 unspecified atom stereocenters. The van der Waals surface area contributed by atoms with E-state index in [1.165, 1.54) is 10.9 Å². The molecule has 1 atom stereocenters. The highest BCUT2D eigenvalue weighted by Gasteiger charge is 2.35. The summed E-state index contributed by atoms with van der Waals surface area (Å²) >= 11 is 0. The van der Waals surface area contributed by atoms with Crippen molar-refractivity contribution in [3.05, 3.63) is 78.8 Å². The Morgan fingerprint density at radius 3 is 2.39 bits per heavy atom. The van der Waals surface area contributed by atoms with Gasteiger partial charge in [-0.3, -0.25) is 4.57 Å². The van der Waals surface area contributed by atoms with Gasteiger partial charge in [0.25, 0.3) is 0 Å². The van der Waals surface area contributed by atoms with Crippen LogP contribution in [0.4, 0.5) is 17.3 Å². The van der Waals surface area contributed by atoms with Gasteiger partial charge in [-0.25, -0.2) is 15.0 Å². The van der Waals surface area contributed by atoms with E-state index in [4.69, 9.17) is 4.98 Å². The lowest BCUT2D eigenvalue weighted by atomic mass is 10.1. The van der Waals surface area contributed by atoms with Crippen LogP contribution >= 0.6 is 0 Å². The third-order valence-corrected chi connectivity index (χ3v) is 6.27. The van der Waals surface area contributed by atoms with E-state index in [1.807, 2.05) is 18.3 Å². The standard InChI is InChI=1S/C25H22N6/c1-16-14-22-20(15-21(16)30-17(2)29(3)24-25(30)28-13-12-27-24)19-10-7-11-26-23(19)31(22)18-8-5-4-6-9-18/h4-15,17H,1-3H3/t17-/m0/s1. The molecule has 0 saturated heterocycles. The lowest BCUT2D eigenvalue weighted by Gasteiger charge is -2.28. The molecule has 0 bridgehead atoms. The fourth-order valence-corrected chi connectivity index (χ4v) is 4.66. The van der Waals surface area contributed by atoms with Gasteiger partial charge in [-0.2, -0.15) is 0 Å². The summed E-state index contributed by atoms with van der Waals surface area (Å²) in [5.41, 5.74) is 5.56. The number of fused-ring (bicyclic) bond motifs is 4. The Balaban J connectivity index is 1.65. The summed E-state index contributed by atoms with van der Waals surface area (Å²) in [5, 5.41) is 2.32. The minimum atomic E-state index is 0.120. The van der Waals surface area contributed by atoms with Gasteiger partial charge in [0.1, 0.15) is 11.8 Å². The summed E-state index contributed by atoms with van der Waals surface area (Å²) in [6.45, 7) is 4.35. The Kier molecular flexibility index (Phi) is 3.77. The van der Waals surface area contributed by atoms with Crippen LogP contribution in [-0.4, -0.2) is 32.7 Å². The molecule has 6 heteroatoms. The highest BCUT2D eigenvalue weighted by atomic mass is 15.5. The Labute approximate surface area is 180 Å². The molecule has 6 rings (SSSR count). The van der Waals surface area contributed by atoms with Gasteiger partial charge in [-0.1, -0.05) is 18.2 Å². The van der Waals surface area contributed by atoms with E-state index in [0.717, 1.165) is 39.6 Å². The first kappa shape index (κ1) is 17.9. The molecule has 0 amide bonds. The molecule has 0 saturated carbocycles. The maximum Gasteiger partial charge on any atom is 0.178 e. The first-order chi connectivity index (χ1) is 15.1. The zero-order valence-electron chi connectivity index (χ0n) is 17.7. The molecule has 1 aliphatic heterocycles. The van der Waals surface area contributed by atoms with E-state index in [0.29, 0.717) is 0 Å². The summed E-state index contributed by atoms with van der Waals surface area (Å²) in [5.74, 6) is 1.80. The smallest absolute Gasteiger partial charge is 0.178 e. The zero-order chi connectivity index (χ0) is 21.1. The van der Waals surface area contributed by atoms with E-state index >= 15 is 0 Å². The topological polar surface area (TPSA) is 50.1 Å². The summed E-state index contributed by atoms with van der Waals surface area (Å²) in [7, 11) is 2.07. The molecule has 0 fully saturated rings. The molecule has 0 N–H and O–H groups in total. The van der Waals surface area contributed by atoms with Crippen LogP contribution in [0.3, 0.4) is 0 Å². The number of anilines is 3. The van der Waals surface area contributed by atoms with E-state index in [1.54, 1.807) is 12.4 Å². The van der Waals surface area contributed by atoms with E-state index in [9.17, 15) is 0 Å². The monoisotopic (exact) mass is 406 g/mol. The van der Waals surface area contributed by atoms with E-state index < -0.39 is 0 Å². The Morgan fingerprint density at radius 2 is 1.58 bits per heavy atom. The summed E-state index contributed by atoms with van der Waals surface area (Å²) in [6, 6.07) is 19.1. The van der Waals surface area contributed by atoms with Crippen LogP contribution in [0.15, 0.2) is 73.2 Å². The van der Waals surface area contributed by atoms with Crippen molar-refractivity contribution in [3.8, 4) is 5.69 Å². The predicted molar refractivity (Wildman–Crippen MR) is 125 cm³/mol. The molecule has 1 aliphatic rings. The number of aromatic nitrogens is 4. The quantitative estimate of drug-likeness (QED) is 0.403. The molecule has 0 aliphatic carbocycles. The van der Waals surface area contributed by atoms with Crippen molar-refractivity contribution in [2.75, 3.05) is 16.8 Å². The van der Waals surface area contributed by atoms with Crippen LogP contribution in [0.25, 0.3) is 27.6 Å². The third-order valence-electron chi connectivity index (χ3n) is 6.27. The lowest BCUT2D eigenvalue weighted by molar-refractivity contribution is 0.726. The first-order valence-electron chi connectivity index (χ1n) is 10.4. The Bertz CT molecular complexity index is 1440. The second-order valence-electron chi connectivity index (χ2n) is 8.02. The molecule has 0 radical (unpaired) electrons. The number of rotatable bonds is 2. The maximum absolute atomic E-state index is 4.73. The van der Waals surface area contributed by atoms with Crippen molar-refractivity contribution >= 4 is 39.3 Å². The van der Waals surface area contributed by atoms with Gasteiger partial charge in [0.05, 0.1) is 5.52 Å². The molecule has 3 aromatic heterocycles. The zero-order valence-corrected chi connectivity index (χ0v) is 17.7. The highest BCUT2D eigenvalue weighted by Crippen LogP contribution is 2.43. The number of nitrogens with zero attached hydrogens (tertiary/aromatic N) is 6. The average Bonchev–Trinajstić information content (AvgIpc) is 3.25. The maximum atomic E-state index is 4.73. The van der Waals surface area contributed by atoms with Crippen molar-refractivity contribution in [3.63, 3.8) is 0 Å². The second kappa shape index (κ2) is 6.54. The number of aryl methyl sites for hydroxylation is 1. The van der Waals surface area contributed by atoms with Crippen LogP contribution < -0.4 is 9.80 Å². The van der Waals surface area contributed by atoms with Crippen molar-refractivity contribution in [2.24, 2.45) is 0 Å². The summed E-state index contributed by atoms with van der Waals surface area (Å²) < 4.78 is 2.24. The van der Waals surface area contributed by atoms with Gasteiger partial charge < -0.3 is 9.80 Å². The van der Waals surface area contributed by atoms with Gasteiger partial charge in [0, 0.05) is 47.8 Å². The predicted octanol–water partition coefficient (Wildman–Crippen LogP) is 5.21. The number of hydrogen-bond acceptors (Lipinski definition) is 5. The van der Waals surface area contributed by atoms with E-state index in [2.05, 4.69) is 87.7 Å². The first-order valence-corrected chi connectivity index (χ1v) is 10.4. The van der Waals surface area contributed by atoms with Crippen LogP contribution in [0.1, 0.15) is 12.5 Å². The van der Waals surface area contributed by atoms with E-state index in [-0.39, 0.29) is 6.17 Å². The highest BCUT2D eigenvalue weighted by molar-refractivity contribution is 6.09. The summed E-state index contributed by atoms with van der Waals surface area (Å²) in [4.78, 5) is 18.4. The van der Waals surface area contributed by atoms with Crippen molar-refractivity contribution in [1.29, 1.82) is 0 Å². The van der Waals surface area contributed by atoms with Crippen LogP contribution in [0.5, 0.6) is 0 Å². The molecule has 0 spiro atoms. The van der Waals surface area contributed by atoms with Gasteiger partial charge in [-0.15, -0.1) is 0 Å². The average molecular weight is 406 g/mol. The normalized spacial score (nSPS) is 15.8. The van der Waals surface area contributed by atoms with Crippen molar-refractivity contribution in [2.45, 2.75) is 20.0 Å². The molecule has 6 nitrogen and oxygen atoms in total. The minimum Gasteiger partial charge on any atom is -0.336 e.